The third kappa shape index (κ3) is 3.36. The van der Waals surface area contributed by atoms with Crippen molar-refractivity contribution in [1.82, 2.24) is 5.32 Å². The van der Waals surface area contributed by atoms with Crippen LogP contribution in [0, 0.1) is 5.92 Å². The van der Waals surface area contributed by atoms with E-state index >= 15 is 0 Å². The van der Waals surface area contributed by atoms with Gasteiger partial charge in [0.2, 0.25) is 12.7 Å². The van der Waals surface area contributed by atoms with E-state index in [1.807, 2.05) is 12.1 Å². The molecule has 0 bridgehead atoms. The lowest BCUT2D eigenvalue weighted by Gasteiger charge is -2.08. The molecule has 0 radical (unpaired) electrons. The molecule has 2 aliphatic heterocycles. The molecule has 2 aliphatic rings. The number of allylic oxidation sites excluding steroid dienone is 1. The fourth-order valence-corrected chi connectivity index (χ4v) is 3.73. The van der Waals surface area contributed by atoms with Crippen molar-refractivity contribution < 1.29 is 22.7 Å². The van der Waals surface area contributed by atoms with Crippen molar-refractivity contribution in [2.24, 2.45) is 5.92 Å². The summed E-state index contributed by atoms with van der Waals surface area (Å²) in [7, 11) is -3.11. The van der Waals surface area contributed by atoms with Gasteiger partial charge in [-0.1, -0.05) is 12.1 Å². The lowest BCUT2D eigenvalue weighted by atomic mass is 10.1. The van der Waals surface area contributed by atoms with Crippen molar-refractivity contribution in [2.75, 3.05) is 12.5 Å². The molecule has 0 saturated heterocycles. The van der Waals surface area contributed by atoms with Gasteiger partial charge in [-0.15, -0.1) is 0 Å². The molecule has 0 spiro atoms. The molecule has 1 aromatic rings. The van der Waals surface area contributed by atoms with Gasteiger partial charge in [-0.2, -0.15) is 0 Å². The minimum absolute atomic E-state index is 0.0183. The lowest BCUT2D eigenvalue weighted by molar-refractivity contribution is -0.121. The van der Waals surface area contributed by atoms with E-state index in [1.165, 1.54) is 5.41 Å². The molecule has 0 fully saturated rings. The molecular weight excluding hydrogens is 294 g/mol. The summed E-state index contributed by atoms with van der Waals surface area (Å²) >= 11 is 0. The molecule has 21 heavy (non-hydrogen) atoms. The number of hydrogen-bond donors (Lipinski definition) is 1. The Kier molecular flexibility index (Phi) is 3.59. The maximum atomic E-state index is 11.8. The first-order valence-corrected chi connectivity index (χ1v) is 8.29. The van der Waals surface area contributed by atoms with Crippen LogP contribution in [0.3, 0.4) is 0 Å². The van der Waals surface area contributed by atoms with Crippen molar-refractivity contribution in [2.45, 2.75) is 13.0 Å². The zero-order chi connectivity index (χ0) is 14.9. The second-order valence-corrected chi connectivity index (χ2v) is 7.02. The van der Waals surface area contributed by atoms with Gasteiger partial charge in [0.25, 0.3) is 0 Å². The number of nitrogens with one attached hydrogen (secondary N) is 1. The molecular formula is C14H15NO5S. The number of hydrogen-bond acceptors (Lipinski definition) is 5. The zero-order valence-corrected chi connectivity index (χ0v) is 12.1. The summed E-state index contributed by atoms with van der Waals surface area (Å²) in [5.41, 5.74) is 0.905. The summed E-state index contributed by atoms with van der Waals surface area (Å²) in [6.07, 6.45) is 1.76. The number of amides is 1. The Morgan fingerprint density at radius 1 is 1.29 bits per heavy atom. The molecule has 2 heterocycles. The Labute approximate surface area is 122 Å². The third-order valence-corrected chi connectivity index (χ3v) is 4.84. The van der Waals surface area contributed by atoms with Crippen LogP contribution in [0.25, 0.3) is 0 Å². The molecule has 1 atom stereocenters. The molecule has 0 unspecified atom stereocenters. The Hall–Kier alpha value is -2.02. The van der Waals surface area contributed by atoms with Crippen molar-refractivity contribution in [3.05, 3.63) is 35.2 Å². The summed E-state index contributed by atoms with van der Waals surface area (Å²) in [5.74, 6) is 0.994. The highest BCUT2D eigenvalue weighted by atomic mass is 32.2. The van der Waals surface area contributed by atoms with Crippen molar-refractivity contribution in [3.8, 4) is 11.5 Å². The van der Waals surface area contributed by atoms with Crippen LogP contribution in [0.5, 0.6) is 11.5 Å². The van der Waals surface area contributed by atoms with Gasteiger partial charge in [-0.05, 0) is 17.7 Å². The largest absolute Gasteiger partial charge is 0.454 e. The fraction of sp³-hybridized carbons (Fsp3) is 0.357. The molecule has 3 rings (SSSR count). The second-order valence-electron chi connectivity index (χ2n) is 5.09. The van der Waals surface area contributed by atoms with Crippen molar-refractivity contribution >= 4 is 15.7 Å². The predicted molar refractivity (Wildman–Crippen MR) is 75.4 cm³/mol. The molecule has 112 valence electrons. The number of rotatable bonds is 4. The average molecular weight is 309 g/mol. The van der Waals surface area contributed by atoms with Crippen LogP contribution in [-0.2, 0) is 21.2 Å². The summed E-state index contributed by atoms with van der Waals surface area (Å²) in [5, 5.41) is 3.96. The van der Waals surface area contributed by atoms with Gasteiger partial charge in [0.1, 0.15) is 0 Å². The monoisotopic (exact) mass is 309 g/mol. The minimum Gasteiger partial charge on any atom is -0.454 e. The van der Waals surface area contributed by atoms with E-state index in [4.69, 9.17) is 9.47 Å². The predicted octanol–water partition coefficient (Wildman–Crippen LogP) is 0.980. The molecule has 1 aromatic carbocycles. The number of sulfone groups is 1. The summed E-state index contributed by atoms with van der Waals surface area (Å²) in [6, 6.07) is 5.48. The van der Waals surface area contributed by atoms with Gasteiger partial charge >= 0.3 is 0 Å². The first-order valence-electron chi connectivity index (χ1n) is 6.58. The number of benzene rings is 1. The Morgan fingerprint density at radius 2 is 2.10 bits per heavy atom. The topological polar surface area (TPSA) is 81.7 Å². The molecule has 0 saturated carbocycles. The quantitative estimate of drug-likeness (QED) is 0.896. The van der Waals surface area contributed by atoms with Gasteiger partial charge in [-0.25, -0.2) is 8.42 Å². The summed E-state index contributed by atoms with van der Waals surface area (Å²) < 4.78 is 33.0. The van der Waals surface area contributed by atoms with Crippen LogP contribution in [0.15, 0.2) is 29.7 Å². The highest BCUT2D eigenvalue weighted by Crippen LogP contribution is 2.32. The molecule has 6 nitrogen and oxygen atoms in total. The zero-order valence-electron chi connectivity index (χ0n) is 11.2. The van der Waals surface area contributed by atoms with Gasteiger partial charge in [0, 0.05) is 24.3 Å². The average Bonchev–Trinajstić information content (AvgIpc) is 3.02. The molecule has 1 amide bonds. The highest BCUT2D eigenvalue weighted by Gasteiger charge is 2.23. The molecule has 0 aromatic heterocycles. The van der Waals surface area contributed by atoms with Crippen LogP contribution < -0.4 is 14.8 Å². The second kappa shape index (κ2) is 5.40. The van der Waals surface area contributed by atoms with Crippen molar-refractivity contribution in [1.29, 1.82) is 0 Å². The summed E-state index contributed by atoms with van der Waals surface area (Å²) in [4.78, 5) is 11.8. The van der Waals surface area contributed by atoms with E-state index in [9.17, 15) is 13.2 Å². The summed E-state index contributed by atoms with van der Waals surface area (Å²) in [6.45, 7) is 0.590. The number of carbonyl (C=O) groups excluding carboxylic acids is 1. The van der Waals surface area contributed by atoms with Gasteiger partial charge in [-0.3, -0.25) is 4.79 Å². The van der Waals surface area contributed by atoms with E-state index in [1.54, 1.807) is 12.1 Å². The number of ether oxygens (including phenoxy) is 2. The van der Waals surface area contributed by atoms with Crippen LogP contribution in [0.1, 0.15) is 12.0 Å². The van der Waals surface area contributed by atoms with Crippen LogP contribution >= 0.6 is 0 Å². The highest BCUT2D eigenvalue weighted by molar-refractivity contribution is 7.94. The van der Waals surface area contributed by atoms with Gasteiger partial charge in [0.05, 0.1) is 5.75 Å². The normalized spacial score (nSPS) is 21.4. The Morgan fingerprint density at radius 3 is 2.86 bits per heavy atom. The smallest absolute Gasteiger partial charge is 0.231 e. The van der Waals surface area contributed by atoms with Crippen LogP contribution in [0.4, 0.5) is 0 Å². The van der Waals surface area contributed by atoms with E-state index in [0.29, 0.717) is 18.0 Å². The number of fused-ring (bicyclic) bond motifs is 1. The number of carbonyl (C=O) groups is 1. The van der Waals surface area contributed by atoms with Gasteiger partial charge in [0.15, 0.2) is 21.3 Å². The first-order chi connectivity index (χ1) is 10.0. The maximum absolute atomic E-state index is 11.8. The lowest BCUT2D eigenvalue weighted by Crippen LogP contribution is -2.25. The fourth-order valence-electron chi connectivity index (χ4n) is 2.33. The standard InChI is InChI=1S/C14H15NO5S/c16-14(6-11-3-4-21(17,18)8-11)15-7-10-1-2-12-13(5-10)20-9-19-12/h1-5,11H,6-9H2,(H,15,16)/t11-/m1/s1. The Balaban J connectivity index is 1.51. The Bertz CT molecular complexity index is 695. The third-order valence-electron chi connectivity index (χ3n) is 3.38. The van der Waals surface area contributed by atoms with E-state index in [2.05, 4.69) is 5.32 Å². The maximum Gasteiger partial charge on any atom is 0.231 e. The molecule has 7 heteroatoms. The van der Waals surface area contributed by atoms with E-state index < -0.39 is 9.84 Å². The van der Waals surface area contributed by atoms with Crippen molar-refractivity contribution in [3.63, 3.8) is 0 Å². The first kappa shape index (κ1) is 13.9. The minimum atomic E-state index is -3.11. The SMILES string of the molecule is O=C(C[C@H]1C=CS(=O)(=O)C1)NCc1ccc2c(c1)OCO2. The van der Waals surface area contributed by atoms with Gasteiger partial charge < -0.3 is 14.8 Å². The van der Waals surface area contributed by atoms with E-state index in [0.717, 1.165) is 5.56 Å². The molecule has 1 N–H and O–H groups in total. The van der Waals surface area contributed by atoms with Crippen LogP contribution in [0.2, 0.25) is 0 Å². The van der Waals surface area contributed by atoms with E-state index in [-0.39, 0.29) is 30.8 Å². The molecule has 0 aliphatic carbocycles. The van der Waals surface area contributed by atoms with Crippen LogP contribution in [-0.4, -0.2) is 26.9 Å².